The third-order valence-electron chi connectivity index (χ3n) is 4.15. The van der Waals surface area contributed by atoms with Gasteiger partial charge in [-0.05, 0) is 35.2 Å². The topological polar surface area (TPSA) is 77.2 Å². The molecule has 0 saturated heterocycles. The lowest BCUT2D eigenvalue weighted by atomic mass is 10.0. The van der Waals surface area contributed by atoms with Crippen LogP contribution >= 0.6 is 11.8 Å². The van der Waals surface area contributed by atoms with Crippen molar-refractivity contribution in [1.82, 2.24) is 10.2 Å². The van der Waals surface area contributed by atoms with Gasteiger partial charge in [0.25, 0.3) is 5.22 Å². The number of thioether (sulfide) groups is 1. The molecular formula is C21H23N3O3S. The highest BCUT2D eigenvalue weighted by atomic mass is 32.2. The van der Waals surface area contributed by atoms with E-state index in [4.69, 9.17) is 9.15 Å². The maximum atomic E-state index is 12.3. The Morgan fingerprint density at radius 1 is 1.14 bits per heavy atom. The third kappa shape index (κ3) is 5.36. The number of amides is 1. The van der Waals surface area contributed by atoms with Gasteiger partial charge in [0.1, 0.15) is 5.75 Å². The molecule has 0 atom stereocenters. The molecule has 7 heteroatoms. The van der Waals surface area contributed by atoms with Crippen molar-refractivity contribution in [3.05, 3.63) is 65.5 Å². The number of nitrogens with zero attached hydrogens (tertiary/aromatic N) is 2. The summed E-state index contributed by atoms with van der Waals surface area (Å²) in [6.45, 7) is 4.20. The van der Waals surface area contributed by atoms with Gasteiger partial charge in [-0.1, -0.05) is 55.9 Å². The number of hydrogen-bond acceptors (Lipinski definition) is 6. The molecule has 0 unspecified atom stereocenters. The Bertz CT molecular complexity index is 923. The van der Waals surface area contributed by atoms with E-state index in [1.54, 1.807) is 7.11 Å². The Morgan fingerprint density at radius 2 is 1.89 bits per heavy atom. The van der Waals surface area contributed by atoms with Crippen LogP contribution in [0.25, 0.3) is 0 Å². The van der Waals surface area contributed by atoms with Crippen LogP contribution < -0.4 is 10.1 Å². The number of anilines is 1. The Kier molecular flexibility index (Phi) is 6.71. The van der Waals surface area contributed by atoms with Gasteiger partial charge in [0.15, 0.2) is 0 Å². The van der Waals surface area contributed by atoms with E-state index in [0.717, 1.165) is 22.6 Å². The van der Waals surface area contributed by atoms with Gasteiger partial charge in [0.2, 0.25) is 11.8 Å². The highest BCUT2D eigenvalue weighted by molar-refractivity contribution is 7.99. The van der Waals surface area contributed by atoms with E-state index in [1.807, 2.05) is 48.5 Å². The highest BCUT2D eigenvalue weighted by Crippen LogP contribution is 2.24. The minimum atomic E-state index is -0.104. The SMILES string of the molecule is COc1ccc(Cc2nnc(SCC(=O)Nc3ccccc3C(C)C)o2)cc1. The van der Waals surface area contributed by atoms with Crippen molar-refractivity contribution < 1.29 is 13.9 Å². The first-order valence-corrected chi connectivity index (χ1v) is 10.0. The summed E-state index contributed by atoms with van der Waals surface area (Å²) in [5.74, 6) is 1.75. The zero-order valence-corrected chi connectivity index (χ0v) is 17.0. The molecule has 0 radical (unpaired) electrons. The fraction of sp³-hybridized carbons (Fsp3) is 0.286. The fourth-order valence-corrected chi connectivity index (χ4v) is 3.29. The molecule has 3 aromatic rings. The van der Waals surface area contributed by atoms with E-state index in [2.05, 4.69) is 29.4 Å². The average molecular weight is 398 g/mol. The van der Waals surface area contributed by atoms with Crippen molar-refractivity contribution in [1.29, 1.82) is 0 Å². The number of para-hydroxylation sites is 1. The molecule has 2 aromatic carbocycles. The lowest BCUT2D eigenvalue weighted by molar-refractivity contribution is -0.113. The smallest absolute Gasteiger partial charge is 0.277 e. The zero-order chi connectivity index (χ0) is 19.9. The number of carbonyl (C=O) groups is 1. The summed E-state index contributed by atoms with van der Waals surface area (Å²) in [7, 11) is 1.63. The number of nitrogens with one attached hydrogen (secondary N) is 1. The maximum Gasteiger partial charge on any atom is 0.277 e. The summed E-state index contributed by atoms with van der Waals surface area (Å²) in [5, 5.41) is 11.4. The second kappa shape index (κ2) is 9.41. The first-order valence-electron chi connectivity index (χ1n) is 9.02. The summed E-state index contributed by atoms with van der Waals surface area (Å²) < 4.78 is 10.8. The van der Waals surface area contributed by atoms with Crippen molar-refractivity contribution >= 4 is 23.4 Å². The van der Waals surface area contributed by atoms with E-state index in [9.17, 15) is 4.79 Å². The summed E-state index contributed by atoms with van der Waals surface area (Å²) >= 11 is 1.23. The van der Waals surface area contributed by atoms with Crippen molar-refractivity contribution in [2.75, 3.05) is 18.2 Å². The molecule has 0 bridgehead atoms. The van der Waals surface area contributed by atoms with Crippen LogP contribution in [-0.4, -0.2) is 29.0 Å². The number of ether oxygens (including phenoxy) is 1. The normalized spacial score (nSPS) is 10.9. The maximum absolute atomic E-state index is 12.3. The van der Waals surface area contributed by atoms with Crippen molar-refractivity contribution in [3.8, 4) is 5.75 Å². The van der Waals surface area contributed by atoms with Gasteiger partial charge >= 0.3 is 0 Å². The predicted octanol–water partition coefficient (Wildman–Crippen LogP) is 4.52. The lowest BCUT2D eigenvalue weighted by Gasteiger charge is -2.13. The van der Waals surface area contributed by atoms with E-state index in [1.165, 1.54) is 11.8 Å². The molecule has 146 valence electrons. The lowest BCUT2D eigenvalue weighted by Crippen LogP contribution is -2.15. The standard InChI is InChI=1S/C21H23N3O3S/c1-14(2)17-6-4-5-7-18(17)22-19(25)13-28-21-24-23-20(27-21)12-15-8-10-16(26-3)11-9-15/h4-11,14H,12-13H2,1-3H3,(H,22,25). The predicted molar refractivity (Wildman–Crippen MR) is 110 cm³/mol. The highest BCUT2D eigenvalue weighted by Gasteiger charge is 2.12. The Labute approximate surface area is 168 Å². The molecular weight excluding hydrogens is 374 g/mol. The molecule has 0 saturated carbocycles. The summed E-state index contributed by atoms with van der Waals surface area (Å²) in [6.07, 6.45) is 0.533. The zero-order valence-electron chi connectivity index (χ0n) is 16.1. The largest absolute Gasteiger partial charge is 0.497 e. The molecule has 28 heavy (non-hydrogen) atoms. The van der Waals surface area contributed by atoms with Gasteiger partial charge in [-0.15, -0.1) is 10.2 Å². The Hall–Kier alpha value is -2.80. The minimum absolute atomic E-state index is 0.104. The van der Waals surface area contributed by atoms with Gasteiger partial charge < -0.3 is 14.5 Å². The second-order valence-corrected chi connectivity index (χ2v) is 7.49. The molecule has 0 fully saturated rings. The van der Waals surface area contributed by atoms with E-state index in [-0.39, 0.29) is 11.7 Å². The Balaban J connectivity index is 1.53. The van der Waals surface area contributed by atoms with Gasteiger partial charge in [0, 0.05) is 5.69 Å². The number of methoxy groups -OCH3 is 1. The molecule has 0 spiro atoms. The molecule has 6 nitrogen and oxygen atoms in total. The first kappa shape index (κ1) is 19.9. The summed E-state index contributed by atoms with van der Waals surface area (Å²) in [4.78, 5) is 12.3. The van der Waals surface area contributed by atoms with Crippen molar-refractivity contribution in [3.63, 3.8) is 0 Å². The average Bonchev–Trinajstić information content (AvgIpc) is 3.14. The van der Waals surface area contributed by atoms with Gasteiger partial charge in [-0.2, -0.15) is 0 Å². The number of aromatic nitrogens is 2. The monoisotopic (exact) mass is 397 g/mol. The van der Waals surface area contributed by atoms with E-state index in [0.29, 0.717) is 23.5 Å². The van der Waals surface area contributed by atoms with E-state index < -0.39 is 0 Å². The van der Waals surface area contributed by atoms with Crippen LogP contribution in [0.5, 0.6) is 5.75 Å². The molecule has 1 heterocycles. The van der Waals surface area contributed by atoms with Crippen LogP contribution in [0, 0.1) is 0 Å². The molecule has 0 aliphatic heterocycles. The molecule has 0 aliphatic carbocycles. The van der Waals surface area contributed by atoms with Crippen LogP contribution in [0.1, 0.15) is 36.8 Å². The quantitative estimate of drug-likeness (QED) is 0.563. The summed E-state index contributed by atoms with van der Waals surface area (Å²) in [5.41, 5.74) is 3.00. The molecule has 3 rings (SSSR count). The minimum Gasteiger partial charge on any atom is -0.497 e. The molecule has 1 aromatic heterocycles. The fourth-order valence-electron chi connectivity index (χ4n) is 2.71. The molecule has 1 N–H and O–H groups in total. The number of carbonyl (C=O) groups excluding carboxylic acids is 1. The Morgan fingerprint density at radius 3 is 2.61 bits per heavy atom. The van der Waals surface area contributed by atoms with Gasteiger partial charge in [-0.25, -0.2) is 0 Å². The summed E-state index contributed by atoms with van der Waals surface area (Å²) in [6, 6.07) is 15.5. The van der Waals surface area contributed by atoms with Crippen molar-refractivity contribution in [2.24, 2.45) is 0 Å². The van der Waals surface area contributed by atoms with Crippen LogP contribution in [0.3, 0.4) is 0 Å². The van der Waals surface area contributed by atoms with Crippen LogP contribution in [0.15, 0.2) is 58.2 Å². The molecule has 0 aliphatic rings. The van der Waals surface area contributed by atoms with Gasteiger partial charge in [-0.3, -0.25) is 4.79 Å². The van der Waals surface area contributed by atoms with Crippen LogP contribution in [-0.2, 0) is 11.2 Å². The number of hydrogen-bond donors (Lipinski definition) is 1. The van der Waals surface area contributed by atoms with Gasteiger partial charge in [0.05, 0.1) is 19.3 Å². The first-order chi connectivity index (χ1) is 13.5. The molecule has 1 amide bonds. The number of benzene rings is 2. The van der Waals surface area contributed by atoms with Crippen LogP contribution in [0.4, 0.5) is 5.69 Å². The van der Waals surface area contributed by atoms with Crippen LogP contribution in [0.2, 0.25) is 0 Å². The number of rotatable bonds is 8. The second-order valence-electron chi connectivity index (χ2n) is 6.57. The van der Waals surface area contributed by atoms with Crippen molar-refractivity contribution in [2.45, 2.75) is 31.4 Å². The third-order valence-corrected chi connectivity index (χ3v) is 4.96. The van der Waals surface area contributed by atoms with E-state index >= 15 is 0 Å².